The average molecular weight is 413 g/mol. The standard InChI is InChI=1S/C16H12BrClFN3O2/c1-21-15-12(17)6-9(18)7-13(15)22(16(21)24)8-14(23)20-11-4-2-10(19)3-5-11/h2-7H,8H2,1H3,(H,20,23). The molecule has 0 bridgehead atoms. The molecule has 0 saturated heterocycles. The lowest BCUT2D eigenvalue weighted by Gasteiger charge is -2.06. The van der Waals surface area contributed by atoms with Crippen molar-refractivity contribution in [3.63, 3.8) is 0 Å². The number of aromatic nitrogens is 2. The van der Waals surface area contributed by atoms with Crippen molar-refractivity contribution < 1.29 is 9.18 Å². The van der Waals surface area contributed by atoms with Crippen molar-refractivity contribution in [2.24, 2.45) is 7.05 Å². The molecule has 124 valence electrons. The number of carbonyl (C=O) groups excluding carboxylic acids is 1. The van der Waals surface area contributed by atoms with E-state index in [1.165, 1.54) is 33.4 Å². The maximum Gasteiger partial charge on any atom is 0.329 e. The molecule has 1 N–H and O–H groups in total. The zero-order chi connectivity index (χ0) is 17.4. The van der Waals surface area contributed by atoms with Crippen LogP contribution in [0.2, 0.25) is 5.02 Å². The van der Waals surface area contributed by atoms with Gasteiger partial charge in [-0.15, -0.1) is 0 Å². The Bertz CT molecular complexity index is 995. The van der Waals surface area contributed by atoms with Crippen molar-refractivity contribution in [3.8, 4) is 0 Å². The maximum absolute atomic E-state index is 12.9. The summed E-state index contributed by atoms with van der Waals surface area (Å²) in [7, 11) is 1.62. The zero-order valence-corrected chi connectivity index (χ0v) is 14.9. The average Bonchev–Trinajstić information content (AvgIpc) is 2.74. The molecule has 3 rings (SSSR count). The summed E-state index contributed by atoms with van der Waals surface area (Å²) in [5, 5.41) is 3.08. The van der Waals surface area contributed by atoms with Crippen LogP contribution in [0.4, 0.5) is 10.1 Å². The van der Waals surface area contributed by atoms with Crippen molar-refractivity contribution in [3.05, 3.63) is 62.2 Å². The Morgan fingerprint density at radius 1 is 1.29 bits per heavy atom. The molecule has 0 saturated carbocycles. The number of aryl methyl sites for hydroxylation is 1. The second-order valence-corrected chi connectivity index (χ2v) is 6.53. The number of hydrogen-bond donors (Lipinski definition) is 1. The highest BCUT2D eigenvalue weighted by Crippen LogP contribution is 2.27. The predicted molar refractivity (Wildman–Crippen MR) is 94.9 cm³/mol. The van der Waals surface area contributed by atoms with Crippen LogP contribution in [0.1, 0.15) is 0 Å². The summed E-state index contributed by atoms with van der Waals surface area (Å²) in [6.45, 7) is -0.180. The Labute approximate surface area is 149 Å². The van der Waals surface area contributed by atoms with E-state index in [1.54, 1.807) is 19.2 Å². The van der Waals surface area contributed by atoms with Gasteiger partial charge in [-0.1, -0.05) is 11.6 Å². The molecule has 1 aromatic heterocycles. The molecule has 1 heterocycles. The van der Waals surface area contributed by atoms with Gasteiger partial charge in [0.2, 0.25) is 5.91 Å². The normalized spacial score (nSPS) is 11.0. The lowest BCUT2D eigenvalue weighted by Crippen LogP contribution is -2.28. The van der Waals surface area contributed by atoms with Crippen LogP contribution in [0.25, 0.3) is 11.0 Å². The molecule has 0 aliphatic heterocycles. The smallest absolute Gasteiger partial charge is 0.325 e. The van der Waals surface area contributed by atoms with E-state index >= 15 is 0 Å². The largest absolute Gasteiger partial charge is 0.329 e. The van der Waals surface area contributed by atoms with Gasteiger partial charge in [0.25, 0.3) is 0 Å². The number of anilines is 1. The van der Waals surface area contributed by atoms with E-state index in [4.69, 9.17) is 11.6 Å². The summed E-state index contributed by atoms with van der Waals surface area (Å²) in [4.78, 5) is 24.6. The second kappa shape index (κ2) is 6.41. The molecule has 3 aromatic rings. The molecule has 0 atom stereocenters. The molecule has 0 radical (unpaired) electrons. The number of benzene rings is 2. The molecule has 0 fully saturated rings. The number of halogens is 3. The lowest BCUT2D eigenvalue weighted by atomic mass is 10.3. The first kappa shape index (κ1) is 16.7. The van der Waals surface area contributed by atoms with Crippen molar-refractivity contribution in [1.29, 1.82) is 0 Å². The fraction of sp³-hybridized carbons (Fsp3) is 0.125. The number of rotatable bonds is 3. The van der Waals surface area contributed by atoms with Crippen LogP contribution in [0.5, 0.6) is 0 Å². The van der Waals surface area contributed by atoms with Crippen LogP contribution in [0.15, 0.2) is 45.7 Å². The monoisotopic (exact) mass is 411 g/mol. The van der Waals surface area contributed by atoms with Crippen LogP contribution in [-0.4, -0.2) is 15.0 Å². The van der Waals surface area contributed by atoms with Gasteiger partial charge in [0.05, 0.1) is 11.0 Å². The highest BCUT2D eigenvalue weighted by molar-refractivity contribution is 9.10. The third kappa shape index (κ3) is 3.09. The van der Waals surface area contributed by atoms with Gasteiger partial charge >= 0.3 is 5.69 Å². The first-order valence-corrected chi connectivity index (χ1v) is 8.13. The summed E-state index contributed by atoms with van der Waals surface area (Å²) in [6, 6.07) is 8.72. The number of hydrogen-bond acceptors (Lipinski definition) is 2. The summed E-state index contributed by atoms with van der Waals surface area (Å²) in [5.41, 5.74) is 1.33. The van der Waals surface area contributed by atoms with E-state index in [-0.39, 0.29) is 12.2 Å². The summed E-state index contributed by atoms with van der Waals surface area (Å²) in [6.07, 6.45) is 0. The first-order valence-electron chi connectivity index (χ1n) is 6.96. The quantitative estimate of drug-likeness (QED) is 0.715. The van der Waals surface area contributed by atoms with Gasteiger partial charge in [-0.25, -0.2) is 9.18 Å². The molecular formula is C16H12BrClFN3O2. The van der Waals surface area contributed by atoms with E-state index in [9.17, 15) is 14.0 Å². The number of amides is 1. The molecule has 0 spiro atoms. The highest BCUT2D eigenvalue weighted by atomic mass is 79.9. The molecule has 8 heteroatoms. The summed E-state index contributed by atoms with van der Waals surface area (Å²) >= 11 is 9.43. The summed E-state index contributed by atoms with van der Waals surface area (Å²) < 4.78 is 16.4. The lowest BCUT2D eigenvalue weighted by molar-refractivity contribution is -0.116. The Balaban J connectivity index is 1.95. The Morgan fingerprint density at radius 3 is 2.62 bits per heavy atom. The van der Waals surface area contributed by atoms with Gasteiger partial charge in [0.1, 0.15) is 12.4 Å². The molecule has 2 aromatic carbocycles. The van der Waals surface area contributed by atoms with E-state index in [1.807, 2.05) is 0 Å². The minimum Gasteiger partial charge on any atom is -0.325 e. The summed E-state index contributed by atoms with van der Waals surface area (Å²) in [5.74, 6) is -0.787. The van der Waals surface area contributed by atoms with E-state index < -0.39 is 11.7 Å². The van der Waals surface area contributed by atoms with E-state index in [2.05, 4.69) is 21.2 Å². The van der Waals surface area contributed by atoms with Crippen molar-refractivity contribution >= 4 is 50.2 Å². The van der Waals surface area contributed by atoms with Crippen LogP contribution < -0.4 is 11.0 Å². The maximum atomic E-state index is 12.9. The van der Waals surface area contributed by atoms with Crippen LogP contribution in [-0.2, 0) is 18.4 Å². The van der Waals surface area contributed by atoms with Gasteiger partial charge in [-0.3, -0.25) is 13.9 Å². The fourth-order valence-corrected chi connectivity index (χ4v) is 3.56. The molecule has 0 unspecified atom stereocenters. The Morgan fingerprint density at radius 2 is 1.96 bits per heavy atom. The Hall–Kier alpha value is -2.12. The second-order valence-electron chi connectivity index (χ2n) is 5.24. The SMILES string of the molecule is Cn1c(=O)n(CC(=O)Nc2ccc(F)cc2)c2cc(Cl)cc(Br)c21. The number of nitrogens with zero attached hydrogens (tertiary/aromatic N) is 2. The van der Waals surface area contributed by atoms with E-state index in [0.29, 0.717) is 26.2 Å². The number of imidazole rings is 1. The third-order valence-electron chi connectivity index (χ3n) is 3.58. The molecule has 5 nitrogen and oxygen atoms in total. The minimum absolute atomic E-state index is 0.180. The zero-order valence-electron chi connectivity index (χ0n) is 12.5. The van der Waals surface area contributed by atoms with Gasteiger partial charge in [-0.2, -0.15) is 0 Å². The molecule has 1 amide bonds. The van der Waals surface area contributed by atoms with Gasteiger partial charge in [0, 0.05) is 22.2 Å². The van der Waals surface area contributed by atoms with Crippen LogP contribution in [0.3, 0.4) is 0 Å². The molecule has 0 aliphatic carbocycles. The van der Waals surface area contributed by atoms with Gasteiger partial charge < -0.3 is 5.32 Å². The third-order valence-corrected chi connectivity index (χ3v) is 4.40. The highest BCUT2D eigenvalue weighted by Gasteiger charge is 2.16. The van der Waals surface area contributed by atoms with Crippen molar-refractivity contribution in [1.82, 2.24) is 9.13 Å². The minimum atomic E-state index is -0.396. The number of nitrogens with one attached hydrogen (secondary N) is 1. The van der Waals surface area contributed by atoms with E-state index in [0.717, 1.165) is 0 Å². The topological polar surface area (TPSA) is 56.0 Å². The molecule has 24 heavy (non-hydrogen) atoms. The molecule has 0 aliphatic rings. The number of carbonyl (C=O) groups is 1. The number of fused-ring (bicyclic) bond motifs is 1. The van der Waals surface area contributed by atoms with Crippen molar-refractivity contribution in [2.75, 3.05) is 5.32 Å². The predicted octanol–water partition coefficient (Wildman–Crippen LogP) is 3.53. The van der Waals surface area contributed by atoms with Crippen LogP contribution in [0, 0.1) is 5.82 Å². The molecular weight excluding hydrogens is 401 g/mol. The van der Waals surface area contributed by atoms with Crippen molar-refractivity contribution in [2.45, 2.75) is 6.54 Å². The Kier molecular flexibility index (Phi) is 4.47. The van der Waals surface area contributed by atoms with Gasteiger partial charge in [-0.05, 0) is 52.3 Å². The van der Waals surface area contributed by atoms with Gasteiger partial charge in [0.15, 0.2) is 0 Å². The first-order chi connectivity index (χ1) is 11.4. The van der Waals surface area contributed by atoms with Crippen LogP contribution >= 0.6 is 27.5 Å². The fourth-order valence-electron chi connectivity index (χ4n) is 2.50.